The van der Waals surface area contributed by atoms with E-state index in [1.165, 1.54) is 42.5 Å². The number of para-hydroxylation sites is 1. The summed E-state index contributed by atoms with van der Waals surface area (Å²) in [4.78, 5) is 2.99. The van der Waals surface area contributed by atoms with Gasteiger partial charge in [-0.05, 0) is 60.5 Å². The van der Waals surface area contributed by atoms with Crippen molar-refractivity contribution in [2.24, 2.45) is 0 Å². The Morgan fingerprint density at radius 2 is 1.52 bits per heavy atom. The number of H-pyrrole nitrogens is 1. The van der Waals surface area contributed by atoms with Gasteiger partial charge in [0.05, 0.1) is 14.7 Å². The number of aromatic nitrogens is 1. The lowest BCUT2D eigenvalue weighted by atomic mass is 10.1. The number of halogens is 1. The number of nitrogens with one attached hydrogen (secondary N) is 2. The van der Waals surface area contributed by atoms with Gasteiger partial charge in [0, 0.05) is 28.7 Å². The summed E-state index contributed by atoms with van der Waals surface area (Å²) in [5, 5.41) is 1.45. The fourth-order valence-corrected chi connectivity index (χ4v) is 5.88. The molecular formula is C22H19ClN2O4S2. The summed E-state index contributed by atoms with van der Waals surface area (Å²) < 4.78 is 53.8. The Morgan fingerprint density at radius 1 is 0.806 bits per heavy atom. The predicted molar refractivity (Wildman–Crippen MR) is 121 cm³/mol. The number of benzene rings is 3. The molecule has 0 amide bonds. The SMILES string of the molecule is O=S(=O)(NCCc1c[nH]c2ccccc12)c1cccc(S(=O)(=O)c2ccc(Cl)cc2)c1. The summed E-state index contributed by atoms with van der Waals surface area (Å²) in [5.74, 6) is 0. The Hall–Kier alpha value is -2.65. The van der Waals surface area contributed by atoms with Crippen LogP contribution in [0.15, 0.2) is 93.7 Å². The molecule has 0 fully saturated rings. The molecule has 160 valence electrons. The minimum Gasteiger partial charge on any atom is -0.361 e. The Bertz CT molecular complexity index is 1440. The van der Waals surface area contributed by atoms with E-state index in [9.17, 15) is 16.8 Å². The second-order valence-electron chi connectivity index (χ2n) is 6.94. The van der Waals surface area contributed by atoms with Gasteiger partial charge in [0.2, 0.25) is 19.9 Å². The monoisotopic (exact) mass is 474 g/mol. The fourth-order valence-electron chi connectivity index (χ4n) is 3.30. The molecule has 0 aliphatic rings. The van der Waals surface area contributed by atoms with Crippen molar-refractivity contribution < 1.29 is 16.8 Å². The molecule has 0 unspecified atom stereocenters. The fraction of sp³-hybridized carbons (Fsp3) is 0.0909. The van der Waals surface area contributed by atoms with Gasteiger partial charge in [-0.1, -0.05) is 35.9 Å². The average Bonchev–Trinajstić information content (AvgIpc) is 3.17. The van der Waals surface area contributed by atoms with Gasteiger partial charge in [0.25, 0.3) is 0 Å². The molecule has 0 aliphatic carbocycles. The van der Waals surface area contributed by atoms with Crippen LogP contribution in [-0.4, -0.2) is 28.4 Å². The van der Waals surface area contributed by atoms with Crippen molar-refractivity contribution in [1.82, 2.24) is 9.71 Å². The maximum absolute atomic E-state index is 12.9. The number of sulfonamides is 1. The number of fused-ring (bicyclic) bond motifs is 1. The molecule has 0 bridgehead atoms. The first-order valence-corrected chi connectivity index (χ1v) is 12.8. The van der Waals surface area contributed by atoms with Crippen LogP contribution in [0.25, 0.3) is 10.9 Å². The van der Waals surface area contributed by atoms with E-state index in [-0.39, 0.29) is 21.2 Å². The normalized spacial score (nSPS) is 12.3. The van der Waals surface area contributed by atoms with Crippen LogP contribution in [0.1, 0.15) is 5.56 Å². The zero-order valence-corrected chi connectivity index (χ0v) is 18.6. The highest BCUT2D eigenvalue weighted by Crippen LogP contribution is 2.24. The molecule has 0 radical (unpaired) electrons. The third kappa shape index (κ3) is 4.52. The highest BCUT2D eigenvalue weighted by molar-refractivity contribution is 7.91. The quantitative estimate of drug-likeness (QED) is 0.420. The minimum absolute atomic E-state index is 0.0405. The molecule has 0 spiro atoms. The zero-order valence-electron chi connectivity index (χ0n) is 16.2. The van der Waals surface area contributed by atoms with E-state index in [1.807, 2.05) is 30.5 Å². The summed E-state index contributed by atoms with van der Waals surface area (Å²) in [6.07, 6.45) is 2.35. The number of hydrogen-bond acceptors (Lipinski definition) is 4. The lowest BCUT2D eigenvalue weighted by molar-refractivity contribution is 0.581. The van der Waals surface area contributed by atoms with Crippen molar-refractivity contribution in [3.63, 3.8) is 0 Å². The van der Waals surface area contributed by atoms with Crippen molar-refractivity contribution >= 4 is 42.4 Å². The Balaban J connectivity index is 1.53. The Labute approximate surface area is 185 Å². The summed E-state index contributed by atoms with van der Waals surface area (Å²) >= 11 is 5.83. The Morgan fingerprint density at radius 3 is 2.29 bits per heavy atom. The summed E-state index contributed by atoms with van der Waals surface area (Å²) in [6.45, 7) is 0.179. The average molecular weight is 475 g/mol. The van der Waals surface area contributed by atoms with E-state index in [2.05, 4.69) is 9.71 Å². The number of rotatable bonds is 7. The molecule has 4 rings (SSSR count). The summed E-state index contributed by atoms with van der Waals surface area (Å²) in [6, 6.07) is 18.8. The molecule has 1 heterocycles. The molecule has 0 saturated carbocycles. The van der Waals surface area contributed by atoms with E-state index in [0.717, 1.165) is 22.5 Å². The van der Waals surface area contributed by atoms with Gasteiger partial charge >= 0.3 is 0 Å². The molecule has 6 nitrogen and oxygen atoms in total. The molecule has 2 N–H and O–H groups in total. The molecular weight excluding hydrogens is 456 g/mol. The second kappa shape index (κ2) is 8.47. The van der Waals surface area contributed by atoms with Gasteiger partial charge in [0.15, 0.2) is 0 Å². The second-order valence-corrected chi connectivity index (χ2v) is 11.1. The van der Waals surface area contributed by atoms with Crippen LogP contribution < -0.4 is 4.72 Å². The third-order valence-electron chi connectivity index (χ3n) is 4.91. The van der Waals surface area contributed by atoms with Crippen LogP contribution in [0.2, 0.25) is 5.02 Å². The van der Waals surface area contributed by atoms with E-state index in [4.69, 9.17) is 11.6 Å². The van der Waals surface area contributed by atoms with E-state index < -0.39 is 19.9 Å². The van der Waals surface area contributed by atoms with Gasteiger partial charge < -0.3 is 4.98 Å². The van der Waals surface area contributed by atoms with Crippen molar-refractivity contribution in [2.45, 2.75) is 21.1 Å². The van der Waals surface area contributed by atoms with Gasteiger partial charge in [-0.15, -0.1) is 0 Å². The Kier molecular flexibility index (Phi) is 5.90. The summed E-state index contributed by atoms with van der Waals surface area (Å²) in [7, 11) is -7.76. The van der Waals surface area contributed by atoms with Crippen LogP contribution >= 0.6 is 11.6 Å². The molecule has 9 heteroatoms. The maximum Gasteiger partial charge on any atom is 0.240 e. The highest BCUT2D eigenvalue weighted by Gasteiger charge is 2.21. The topological polar surface area (TPSA) is 96.1 Å². The van der Waals surface area contributed by atoms with Gasteiger partial charge in [0.1, 0.15) is 0 Å². The largest absolute Gasteiger partial charge is 0.361 e. The lowest BCUT2D eigenvalue weighted by Gasteiger charge is -2.09. The van der Waals surface area contributed by atoms with Gasteiger partial charge in [-0.3, -0.25) is 0 Å². The maximum atomic E-state index is 12.9. The van der Waals surface area contributed by atoms with Crippen molar-refractivity contribution in [3.05, 3.63) is 89.6 Å². The molecule has 0 saturated heterocycles. The van der Waals surface area contributed by atoms with Gasteiger partial charge in [-0.25, -0.2) is 21.6 Å². The van der Waals surface area contributed by atoms with Crippen LogP contribution in [0, 0.1) is 0 Å². The minimum atomic E-state index is -3.88. The van der Waals surface area contributed by atoms with Crippen molar-refractivity contribution in [1.29, 1.82) is 0 Å². The first-order chi connectivity index (χ1) is 14.8. The lowest BCUT2D eigenvalue weighted by Crippen LogP contribution is -2.26. The smallest absolute Gasteiger partial charge is 0.240 e. The number of hydrogen-bond donors (Lipinski definition) is 2. The molecule has 3 aromatic carbocycles. The number of sulfone groups is 1. The first-order valence-electron chi connectivity index (χ1n) is 9.43. The predicted octanol–water partition coefficient (Wildman–Crippen LogP) is 4.18. The first kappa shape index (κ1) is 21.6. The summed E-state index contributed by atoms with van der Waals surface area (Å²) in [5.41, 5.74) is 1.98. The van der Waals surface area contributed by atoms with E-state index in [0.29, 0.717) is 11.4 Å². The van der Waals surface area contributed by atoms with Crippen LogP contribution in [0.3, 0.4) is 0 Å². The molecule has 0 atom stereocenters. The van der Waals surface area contributed by atoms with E-state index >= 15 is 0 Å². The van der Waals surface area contributed by atoms with Crippen LogP contribution in [-0.2, 0) is 26.3 Å². The standard InChI is InChI=1S/C22H19ClN2O4S2/c23-17-8-10-18(11-9-17)30(26,27)19-4-3-5-20(14-19)31(28,29)25-13-12-16-15-24-22-7-2-1-6-21(16)22/h1-11,14-15,24-25H,12-13H2. The zero-order chi connectivity index (χ0) is 22.1. The van der Waals surface area contributed by atoms with E-state index in [1.54, 1.807) is 0 Å². The number of aromatic amines is 1. The van der Waals surface area contributed by atoms with Crippen molar-refractivity contribution in [3.8, 4) is 0 Å². The van der Waals surface area contributed by atoms with Crippen LogP contribution in [0.4, 0.5) is 0 Å². The molecule has 0 aliphatic heterocycles. The third-order valence-corrected chi connectivity index (χ3v) is 8.39. The highest BCUT2D eigenvalue weighted by atomic mass is 35.5. The van der Waals surface area contributed by atoms with Crippen LogP contribution in [0.5, 0.6) is 0 Å². The molecule has 4 aromatic rings. The van der Waals surface area contributed by atoms with Gasteiger partial charge in [-0.2, -0.15) is 0 Å². The molecule has 31 heavy (non-hydrogen) atoms. The molecule has 1 aromatic heterocycles. The van der Waals surface area contributed by atoms with Crippen molar-refractivity contribution in [2.75, 3.05) is 6.54 Å².